The molecule has 0 saturated carbocycles. The van der Waals surface area contributed by atoms with Gasteiger partial charge in [0.15, 0.2) is 18.0 Å². The molecule has 3 aliphatic heterocycles. The van der Waals surface area contributed by atoms with E-state index >= 15 is 0 Å². The van der Waals surface area contributed by atoms with Gasteiger partial charge in [0.1, 0.15) is 18.9 Å². The van der Waals surface area contributed by atoms with Gasteiger partial charge in [0, 0.05) is 11.3 Å². The van der Waals surface area contributed by atoms with Gasteiger partial charge < -0.3 is 14.6 Å². The average molecular weight is 383 g/mol. The molecule has 5 nitrogen and oxygen atoms in total. The molecule has 0 spiro atoms. The molecule has 2 aromatic carbocycles. The van der Waals surface area contributed by atoms with Crippen molar-refractivity contribution < 1.29 is 19.2 Å². The SMILES string of the molecule is Cc1ccccc1N1C[C@@](O)(c2ccc3c(c2)OCCO3)[N+]2=C1SCCC2. The predicted octanol–water partition coefficient (Wildman–Crippen LogP) is 2.94. The Morgan fingerprint density at radius 2 is 1.93 bits per heavy atom. The van der Waals surface area contributed by atoms with E-state index in [1.54, 1.807) is 0 Å². The van der Waals surface area contributed by atoms with E-state index in [0.29, 0.717) is 25.5 Å². The molecule has 0 radical (unpaired) electrons. The lowest BCUT2D eigenvalue weighted by Crippen LogP contribution is -2.41. The first-order chi connectivity index (χ1) is 13.2. The molecule has 3 aliphatic rings. The molecule has 0 bridgehead atoms. The maximum atomic E-state index is 11.8. The number of β-amino-alcohol motifs (C(OH)–C–C–N with tert-alkyl or cyclic N) is 1. The number of fused-ring (bicyclic) bond motifs is 1. The Bertz CT molecular complexity index is 929. The van der Waals surface area contributed by atoms with E-state index in [9.17, 15) is 5.11 Å². The predicted molar refractivity (Wildman–Crippen MR) is 107 cm³/mol. The number of aliphatic hydroxyl groups is 1. The molecule has 27 heavy (non-hydrogen) atoms. The molecule has 0 aromatic heterocycles. The number of rotatable bonds is 2. The molecule has 0 aliphatic carbocycles. The zero-order chi connectivity index (χ0) is 18.4. The fraction of sp³-hybridized carbons (Fsp3) is 0.381. The highest BCUT2D eigenvalue weighted by Crippen LogP contribution is 2.41. The molecule has 6 heteroatoms. The summed E-state index contributed by atoms with van der Waals surface area (Å²) in [5, 5.41) is 13.0. The van der Waals surface area contributed by atoms with E-state index in [1.165, 1.54) is 5.56 Å². The van der Waals surface area contributed by atoms with Crippen molar-refractivity contribution >= 4 is 22.6 Å². The van der Waals surface area contributed by atoms with Gasteiger partial charge in [0.05, 0.1) is 6.54 Å². The highest BCUT2D eigenvalue weighted by Gasteiger charge is 2.53. The van der Waals surface area contributed by atoms with E-state index in [2.05, 4.69) is 40.7 Å². The van der Waals surface area contributed by atoms with Gasteiger partial charge in [-0.3, -0.25) is 0 Å². The summed E-state index contributed by atoms with van der Waals surface area (Å²) in [6.07, 6.45) is 1.06. The molecule has 3 heterocycles. The highest BCUT2D eigenvalue weighted by atomic mass is 32.2. The molecule has 2 aromatic rings. The van der Waals surface area contributed by atoms with Crippen molar-refractivity contribution in [1.29, 1.82) is 0 Å². The zero-order valence-electron chi connectivity index (χ0n) is 15.4. The van der Waals surface area contributed by atoms with E-state index < -0.39 is 5.72 Å². The van der Waals surface area contributed by atoms with Crippen molar-refractivity contribution in [1.82, 2.24) is 0 Å². The van der Waals surface area contributed by atoms with E-state index in [1.807, 2.05) is 30.0 Å². The Morgan fingerprint density at radius 1 is 1.11 bits per heavy atom. The van der Waals surface area contributed by atoms with Gasteiger partial charge in [-0.1, -0.05) is 18.2 Å². The van der Waals surface area contributed by atoms with Crippen LogP contribution in [0.3, 0.4) is 0 Å². The standard InChI is InChI=1S/C21H23N2O3S/c1-15-5-2-3-6-17(15)22-14-21(24,23-9-4-12-27-20(22)23)16-7-8-18-19(13-16)26-11-10-25-18/h2-3,5-8,13,24H,4,9-12,14H2,1H3/q+1/t21-/m1/s1. The Labute approximate surface area is 163 Å². The second kappa shape index (κ2) is 6.46. The zero-order valence-corrected chi connectivity index (χ0v) is 16.2. The van der Waals surface area contributed by atoms with Crippen LogP contribution in [0.4, 0.5) is 5.69 Å². The molecular formula is C21H23N2O3S+. The van der Waals surface area contributed by atoms with Crippen LogP contribution in [-0.2, 0) is 5.72 Å². The van der Waals surface area contributed by atoms with Crippen molar-refractivity contribution in [2.24, 2.45) is 0 Å². The summed E-state index contributed by atoms with van der Waals surface area (Å²) in [6.45, 7) is 4.57. The smallest absolute Gasteiger partial charge is 0.316 e. The van der Waals surface area contributed by atoms with Gasteiger partial charge in [0.25, 0.3) is 5.72 Å². The maximum absolute atomic E-state index is 11.8. The van der Waals surface area contributed by atoms with Crippen molar-refractivity contribution in [3.63, 3.8) is 0 Å². The lowest BCUT2D eigenvalue weighted by Gasteiger charge is -2.26. The lowest BCUT2D eigenvalue weighted by molar-refractivity contribution is -0.656. The fourth-order valence-electron chi connectivity index (χ4n) is 4.09. The molecule has 140 valence electrons. The van der Waals surface area contributed by atoms with Crippen molar-refractivity contribution in [3.05, 3.63) is 53.6 Å². The van der Waals surface area contributed by atoms with Gasteiger partial charge in [-0.25, -0.2) is 9.48 Å². The first-order valence-corrected chi connectivity index (χ1v) is 10.4. The number of anilines is 1. The van der Waals surface area contributed by atoms with E-state index in [-0.39, 0.29) is 0 Å². The quantitative estimate of drug-likeness (QED) is 0.808. The normalized spacial score (nSPS) is 24.1. The molecule has 0 fully saturated rings. The third kappa shape index (κ3) is 2.70. The second-order valence-corrected chi connectivity index (χ2v) is 8.25. The largest absolute Gasteiger partial charge is 0.486 e. The Balaban J connectivity index is 1.60. The Hall–Kier alpha value is -2.18. The van der Waals surface area contributed by atoms with Crippen LogP contribution in [0, 0.1) is 6.92 Å². The highest BCUT2D eigenvalue weighted by molar-refractivity contribution is 8.13. The van der Waals surface area contributed by atoms with E-state index in [0.717, 1.165) is 40.9 Å². The van der Waals surface area contributed by atoms with Gasteiger partial charge in [-0.2, -0.15) is 0 Å². The second-order valence-electron chi connectivity index (χ2n) is 7.18. The van der Waals surface area contributed by atoms with Crippen LogP contribution in [0.5, 0.6) is 11.5 Å². The maximum Gasteiger partial charge on any atom is 0.316 e. The number of thioether (sulfide) groups is 1. The topological polar surface area (TPSA) is 44.9 Å². The van der Waals surface area contributed by atoms with Crippen molar-refractivity contribution in [3.8, 4) is 11.5 Å². The Kier molecular flexibility index (Phi) is 4.06. The average Bonchev–Trinajstić information content (AvgIpc) is 3.02. The minimum absolute atomic E-state index is 0.500. The van der Waals surface area contributed by atoms with Gasteiger partial charge >= 0.3 is 5.17 Å². The van der Waals surface area contributed by atoms with Gasteiger partial charge in [-0.15, -0.1) is 0 Å². The molecule has 0 saturated heterocycles. The summed E-state index contributed by atoms with van der Waals surface area (Å²) < 4.78 is 13.6. The number of nitrogens with zero attached hydrogens (tertiary/aromatic N) is 2. The number of para-hydroxylation sites is 1. The number of hydrogen-bond donors (Lipinski definition) is 1. The van der Waals surface area contributed by atoms with Crippen LogP contribution >= 0.6 is 11.8 Å². The summed E-state index contributed by atoms with van der Waals surface area (Å²) in [5.74, 6) is 2.54. The lowest BCUT2D eigenvalue weighted by atomic mass is 10.0. The summed E-state index contributed by atoms with van der Waals surface area (Å²) >= 11 is 1.82. The molecule has 0 amide bonds. The third-order valence-electron chi connectivity index (χ3n) is 5.45. The van der Waals surface area contributed by atoms with Crippen LogP contribution < -0.4 is 14.4 Å². The minimum Gasteiger partial charge on any atom is -0.486 e. The van der Waals surface area contributed by atoms with E-state index in [4.69, 9.17) is 9.47 Å². The monoisotopic (exact) mass is 383 g/mol. The van der Waals surface area contributed by atoms with Gasteiger partial charge in [-0.05, 0) is 54.9 Å². The van der Waals surface area contributed by atoms with Crippen LogP contribution in [-0.4, -0.2) is 46.9 Å². The molecule has 0 unspecified atom stereocenters. The molecular weight excluding hydrogens is 360 g/mol. The number of ether oxygens (including phenoxy) is 2. The number of amidine groups is 1. The fourth-order valence-corrected chi connectivity index (χ4v) is 5.27. The number of aryl methyl sites for hydroxylation is 1. The third-order valence-corrected chi connectivity index (χ3v) is 6.65. The van der Waals surface area contributed by atoms with Crippen molar-refractivity contribution in [2.45, 2.75) is 19.1 Å². The number of hydrogen-bond acceptors (Lipinski definition) is 5. The van der Waals surface area contributed by atoms with Crippen LogP contribution in [0.1, 0.15) is 17.5 Å². The first kappa shape index (κ1) is 17.0. The van der Waals surface area contributed by atoms with Crippen molar-refractivity contribution in [2.75, 3.05) is 37.0 Å². The summed E-state index contributed by atoms with van der Waals surface area (Å²) in [4.78, 5) is 2.26. The summed E-state index contributed by atoms with van der Waals surface area (Å²) in [5.41, 5.74) is 2.13. The molecule has 1 N–H and O–H groups in total. The minimum atomic E-state index is -1.08. The summed E-state index contributed by atoms with van der Waals surface area (Å²) in [6, 6.07) is 14.2. The molecule has 5 rings (SSSR count). The number of benzene rings is 2. The van der Waals surface area contributed by atoms with Crippen LogP contribution in [0.15, 0.2) is 42.5 Å². The first-order valence-electron chi connectivity index (χ1n) is 9.40. The summed E-state index contributed by atoms with van der Waals surface area (Å²) in [7, 11) is 0. The Morgan fingerprint density at radius 3 is 2.78 bits per heavy atom. The van der Waals surface area contributed by atoms with Crippen LogP contribution in [0.25, 0.3) is 0 Å². The molecule has 1 atom stereocenters. The van der Waals surface area contributed by atoms with Gasteiger partial charge in [0.2, 0.25) is 0 Å². The van der Waals surface area contributed by atoms with Crippen LogP contribution in [0.2, 0.25) is 0 Å².